The number of benzene rings is 1. The van der Waals surface area contributed by atoms with Crippen molar-refractivity contribution in [2.45, 2.75) is 53.1 Å². The molecule has 0 aromatic heterocycles. The largest absolute Gasteiger partial charge is 0.493 e. The van der Waals surface area contributed by atoms with Crippen molar-refractivity contribution in [1.82, 2.24) is 5.32 Å². The first-order valence-electron chi connectivity index (χ1n) is 6.78. The highest BCUT2D eigenvalue weighted by Gasteiger charge is 2.14. The van der Waals surface area contributed by atoms with Crippen LogP contribution < -0.4 is 10.1 Å². The fourth-order valence-corrected chi connectivity index (χ4v) is 1.85. The van der Waals surface area contributed by atoms with Crippen molar-refractivity contribution < 1.29 is 4.74 Å². The van der Waals surface area contributed by atoms with Gasteiger partial charge >= 0.3 is 0 Å². The fourth-order valence-electron chi connectivity index (χ4n) is 1.85. The highest BCUT2D eigenvalue weighted by atomic mass is 16.5. The first-order chi connectivity index (χ1) is 8.28. The Balaban J connectivity index is 2.59. The van der Waals surface area contributed by atoms with Gasteiger partial charge in [0, 0.05) is 11.6 Å². The summed E-state index contributed by atoms with van der Waals surface area (Å²) in [5.41, 5.74) is 1.42. The second-order valence-electron chi connectivity index (χ2n) is 6.39. The zero-order chi connectivity index (χ0) is 13.8. The van der Waals surface area contributed by atoms with Crippen molar-refractivity contribution in [3.8, 4) is 5.75 Å². The van der Waals surface area contributed by atoms with Crippen LogP contribution >= 0.6 is 0 Å². The molecule has 0 spiro atoms. The van der Waals surface area contributed by atoms with E-state index in [0.717, 1.165) is 12.4 Å². The predicted molar refractivity (Wildman–Crippen MR) is 78.1 cm³/mol. The Bertz CT molecular complexity index is 348. The Morgan fingerprint density at radius 2 is 1.61 bits per heavy atom. The molecule has 0 amide bonds. The van der Waals surface area contributed by atoms with Crippen LogP contribution in [0.3, 0.4) is 0 Å². The predicted octanol–water partition coefficient (Wildman–Crippen LogP) is 4.17. The lowest BCUT2D eigenvalue weighted by Gasteiger charge is -2.26. The summed E-state index contributed by atoms with van der Waals surface area (Å²) in [5.74, 6) is 1.52. The van der Waals surface area contributed by atoms with Crippen LogP contribution in [0.25, 0.3) is 0 Å². The lowest BCUT2D eigenvalue weighted by molar-refractivity contribution is 0.271. The fraction of sp³-hybridized carbons (Fsp3) is 0.625. The molecule has 1 aromatic rings. The van der Waals surface area contributed by atoms with E-state index < -0.39 is 0 Å². The SMILES string of the molecule is CC(C)COc1ccc(C(C)NC(C)(C)C)cc1. The van der Waals surface area contributed by atoms with Gasteiger partial charge in [0.15, 0.2) is 0 Å². The Morgan fingerprint density at radius 3 is 2.06 bits per heavy atom. The first kappa shape index (κ1) is 15.0. The third-order valence-corrected chi connectivity index (χ3v) is 2.61. The summed E-state index contributed by atoms with van der Waals surface area (Å²) < 4.78 is 5.68. The van der Waals surface area contributed by atoms with Crippen LogP contribution in [0, 0.1) is 5.92 Å². The molecule has 1 atom stereocenters. The summed E-state index contributed by atoms with van der Waals surface area (Å²) in [7, 11) is 0. The van der Waals surface area contributed by atoms with Gasteiger partial charge in [-0.05, 0) is 51.3 Å². The van der Waals surface area contributed by atoms with Crippen LogP contribution in [0.5, 0.6) is 5.75 Å². The van der Waals surface area contributed by atoms with E-state index >= 15 is 0 Å². The van der Waals surface area contributed by atoms with Crippen LogP contribution in [0.4, 0.5) is 0 Å². The molecule has 1 unspecified atom stereocenters. The molecule has 0 saturated carbocycles. The van der Waals surface area contributed by atoms with Crippen LogP contribution in [0.1, 0.15) is 53.1 Å². The van der Waals surface area contributed by atoms with Crippen molar-refractivity contribution in [3.63, 3.8) is 0 Å². The van der Waals surface area contributed by atoms with E-state index in [0.29, 0.717) is 12.0 Å². The molecule has 0 radical (unpaired) electrons. The normalized spacial score (nSPS) is 13.7. The number of ether oxygens (including phenoxy) is 1. The molecule has 102 valence electrons. The van der Waals surface area contributed by atoms with Gasteiger partial charge in [0.25, 0.3) is 0 Å². The van der Waals surface area contributed by atoms with Gasteiger partial charge in [-0.3, -0.25) is 0 Å². The third kappa shape index (κ3) is 5.54. The highest BCUT2D eigenvalue weighted by molar-refractivity contribution is 5.29. The van der Waals surface area contributed by atoms with E-state index in [-0.39, 0.29) is 5.54 Å². The molecule has 1 rings (SSSR count). The van der Waals surface area contributed by atoms with Crippen molar-refractivity contribution >= 4 is 0 Å². The second-order valence-corrected chi connectivity index (χ2v) is 6.39. The van der Waals surface area contributed by atoms with E-state index in [1.54, 1.807) is 0 Å². The number of hydrogen-bond donors (Lipinski definition) is 1. The minimum absolute atomic E-state index is 0.131. The molecule has 0 heterocycles. The maximum Gasteiger partial charge on any atom is 0.119 e. The number of hydrogen-bond acceptors (Lipinski definition) is 2. The maximum absolute atomic E-state index is 5.68. The average molecular weight is 249 g/mol. The van der Waals surface area contributed by atoms with E-state index in [9.17, 15) is 0 Å². The quantitative estimate of drug-likeness (QED) is 0.845. The molecule has 0 saturated heterocycles. The van der Waals surface area contributed by atoms with Gasteiger partial charge in [0.1, 0.15) is 5.75 Å². The zero-order valence-corrected chi connectivity index (χ0v) is 12.6. The van der Waals surface area contributed by atoms with E-state index in [1.165, 1.54) is 5.56 Å². The molecular weight excluding hydrogens is 222 g/mol. The minimum atomic E-state index is 0.131. The van der Waals surface area contributed by atoms with Gasteiger partial charge in [-0.25, -0.2) is 0 Å². The Kier molecular flexibility index (Phi) is 5.21. The summed E-state index contributed by atoms with van der Waals surface area (Å²) in [6.45, 7) is 13.8. The van der Waals surface area contributed by atoms with E-state index in [2.05, 4.69) is 71.1 Å². The topological polar surface area (TPSA) is 21.3 Å². The number of nitrogens with one attached hydrogen (secondary N) is 1. The highest BCUT2D eigenvalue weighted by Crippen LogP contribution is 2.20. The Morgan fingerprint density at radius 1 is 1.06 bits per heavy atom. The van der Waals surface area contributed by atoms with Gasteiger partial charge in [-0.1, -0.05) is 26.0 Å². The monoisotopic (exact) mass is 249 g/mol. The summed E-state index contributed by atoms with van der Waals surface area (Å²) in [5, 5.41) is 3.56. The molecule has 1 aromatic carbocycles. The van der Waals surface area contributed by atoms with Gasteiger partial charge < -0.3 is 10.1 Å². The summed E-state index contributed by atoms with van der Waals surface area (Å²) in [4.78, 5) is 0. The molecule has 0 aliphatic carbocycles. The smallest absolute Gasteiger partial charge is 0.119 e. The lowest BCUT2D eigenvalue weighted by Crippen LogP contribution is -2.37. The van der Waals surface area contributed by atoms with Crippen LogP contribution in [0.2, 0.25) is 0 Å². The molecule has 1 N–H and O–H groups in total. The van der Waals surface area contributed by atoms with Gasteiger partial charge in [-0.15, -0.1) is 0 Å². The molecule has 2 heteroatoms. The molecule has 0 fully saturated rings. The third-order valence-electron chi connectivity index (χ3n) is 2.61. The second kappa shape index (κ2) is 6.24. The number of rotatable bonds is 5. The molecule has 0 bridgehead atoms. The van der Waals surface area contributed by atoms with Gasteiger partial charge in [-0.2, -0.15) is 0 Å². The minimum Gasteiger partial charge on any atom is -0.493 e. The summed E-state index contributed by atoms with van der Waals surface area (Å²) in [6.07, 6.45) is 0. The molecular formula is C16H27NO. The van der Waals surface area contributed by atoms with Crippen molar-refractivity contribution in [1.29, 1.82) is 0 Å². The van der Waals surface area contributed by atoms with Crippen LogP contribution in [-0.4, -0.2) is 12.1 Å². The Hall–Kier alpha value is -1.02. The zero-order valence-electron chi connectivity index (χ0n) is 12.6. The van der Waals surface area contributed by atoms with E-state index in [1.807, 2.05) is 0 Å². The van der Waals surface area contributed by atoms with Crippen LogP contribution in [0.15, 0.2) is 24.3 Å². The standard InChI is InChI=1S/C16H27NO/c1-12(2)11-18-15-9-7-14(8-10-15)13(3)17-16(4,5)6/h7-10,12-13,17H,11H2,1-6H3. The molecule has 18 heavy (non-hydrogen) atoms. The summed E-state index contributed by atoms with van der Waals surface area (Å²) in [6, 6.07) is 8.74. The molecule has 2 nitrogen and oxygen atoms in total. The van der Waals surface area contributed by atoms with Gasteiger partial charge in [0.2, 0.25) is 0 Å². The average Bonchev–Trinajstić information content (AvgIpc) is 2.24. The molecule has 0 aliphatic heterocycles. The van der Waals surface area contributed by atoms with E-state index in [4.69, 9.17) is 4.74 Å². The maximum atomic E-state index is 5.68. The summed E-state index contributed by atoms with van der Waals surface area (Å²) >= 11 is 0. The van der Waals surface area contributed by atoms with Gasteiger partial charge in [0.05, 0.1) is 6.61 Å². The Labute approximate surface area is 112 Å². The van der Waals surface area contributed by atoms with Crippen molar-refractivity contribution in [2.75, 3.05) is 6.61 Å². The lowest BCUT2D eigenvalue weighted by atomic mass is 10.0. The first-order valence-corrected chi connectivity index (χ1v) is 6.78. The molecule has 0 aliphatic rings. The van der Waals surface area contributed by atoms with Crippen molar-refractivity contribution in [2.24, 2.45) is 5.92 Å². The van der Waals surface area contributed by atoms with Crippen molar-refractivity contribution in [3.05, 3.63) is 29.8 Å². The van der Waals surface area contributed by atoms with Crippen LogP contribution in [-0.2, 0) is 0 Å².